The summed E-state index contributed by atoms with van der Waals surface area (Å²) < 4.78 is 1.01. The minimum Gasteiger partial charge on any atom is -0.507 e. The summed E-state index contributed by atoms with van der Waals surface area (Å²) in [4.78, 5) is 17.2. The predicted molar refractivity (Wildman–Crippen MR) is 103 cm³/mol. The van der Waals surface area contributed by atoms with Gasteiger partial charge in [0.1, 0.15) is 5.75 Å². The van der Waals surface area contributed by atoms with Crippen LogP contribution >= 0.6 is 22.6 Å². The van der Waals surface area contributed by atoms with Gasteiger partial charge in [-0.1, -0.05) is 12.1 Å². The Balaban J connectivity index is 2.04. The van der Waals surface area contributed by atoms with Crippen LogP contribution in [0.15, 0.2) is 47.3 Å². The predicted octanol–water partition coefficient (Wildman–Crippen LogP) is 3.50. The molecule has 5 heteroatoms. The largest absolute Gasteiger partial charge is 0.507 e. The second kappa shape index (κ2) is 6.23. The molecule has 0 unspecified atom stereocenters. The molecule has 4 nitrogen and oxygen atoms in total. The second-order valence-electron chi connectivity index (χ2n) is 5.71. The highest BCUT2D eigenvalue weighted by atomic mass is 127. The third kappa shape index (κ3) is 3.19. The fourth-order valence-corrected chi connectivity index (χ4v) is 3.06. The van der Waals surface area contributed by atoms with Crippen LogP contribution in [-0.4, -0.2) is 24.2 Å². The Kier molecular flexibility index (Phi) is 4.30. The van der Waals surface area contributed by atoms with Crippen LogP contribution < -0.4 is 10.5 Å². The monoisotopic (exact) mass is 420 g/mol. The number of nitrogens with zero attached hydrogens (tertiary/aromatic N) is 1. The smallest absolute Gasteiger partial charge is 0.255 e. The van der Waals surface area contributed by atoms with E-state index in [1.165, 1.54) is 0 Å². The molecular formula is C18H17IN2O2. The minimum atomic E-state index is -0.243. The summed E-state index contributed by atoms with van der Waals surface area (Å²) in [7, 11) is 3.97. The quantitative estimate of drug-likeness (QED) is 0.638. The lowest BCUT2D eigenvalue weighted by atomic mass is 10.0. The minimum absolute atomic E-state index is 0.0685. The third-order valence-corrected chi connectivity index (χ3v) is 4.55. The maximum atomic E-state index is 12.3. The molecule has 0 saturated carbocycles. The Morgan fingerprint density at radius 1 is 1.13 bits per heavy atom. The van der Waals surface area contributed by atoms with Gasteiger partial charge < -0.3 is 15.0 Å². The average molecular weight is 420 g/mol. The molecule has 118 valence electrons. The van der Waals surface area contributed by atoms with Gasteiger partial charge >= 0.3 is 0 Å². The number of fused-ring (bicyclic) bond motifs is 1. The highest BCUT2D eigenvalue weighted by Gasteiger charge is 2.13. The van der Waals surface area contributed by atoms with Gasteiger partial charge in [-0.3, -0.25) is 4.79 Å². The van der Waals surface area contributed by atoms with E-state index in [4.69, 9.17) is 0 Å². The van der Waals surface area contributed by atoms with Gasteiger partial charge in [0.05, 0.1) is 11.1 Å². The Morgan fingerprint density at radius 2 is 1.83 bits per heavy atom. The van der Waals surface area contributed by atoms with Gasteiger partial charge in [0.25, 0.3) is 5.56 Å². The topological polar surface area (TPSA) is 56.3 Å². The maximum Gasteiger partial charge on any atom is 0.255 e. The third-order valence-electron chi connectivity index (χ3n) is 3.88. The molecule has 0 amide bonds. The van der Waals surface area contributed by atoms with Crippen molar-refractivity contribution < 1.29 is 5.11 Å². The summed E-state index contributed by atoms with van der Waals surface area (Å²) in [6.45, 7) is 0. The van der Waals surface area contributed by atoms with E-state index in [1.54, 1.807) is 0 Å². The van der Waals surface area contributed by atoms with Gasteiger partial charge in [-0.2, -0.15) is 0 Å². The van der Waals surface area contributed by atoms with E-state index >= 15 is 0 Å². The van der Waals surface area contributed by atoms with Crippen LogP contribution in [0.5, 0.6) is 5.75 Å². The van der Waals surface area contributed by atoms with E-state index in [2.05, 4.69) is 27.6 Å². The van der Waals surface area contributed by atoms with E-state index in [0.29, 0.717) is 22.9 Å². The molecule has 3 rings (SSSR count). The van der Waals surface area contributed by atoms with E-state index in [1.807, 2.05) is 61.5 Å². The van der Waals surface area contributed by atoms with Crippen LogP contribution in [-0.2, 0) is 6.42 Å². The molecule has 3 aromatic rings. The zero-order valence-corrected chi connectivity index (χ0v) is 15.1. The van der Waals surface area contributed by atoms with E-state index in [0.717, 1.165) is 14.8 Å². The molecule has 0 fully saturated rings. The van der Waals surface area contributed by atoms with Crippen LogP contribution in [0.4, 0.5) is 5.69 Å². The summed E-state index contributed by atoms with van der Waals surface area (Å²) in [6.07, 6.45) is 0.399. The van der Waals surface area contributed by atoms with Gasteiger partial charge in [0.2, 0.25) is 0 Å². The van der Waals surface area contributed by atoms with E-state index in [-0.39, 0.29) is 11.3 Å². The van der Waals surface area contributed by atoms with Gasteiger partial charge in [-0.25, -0.2) is 0 Å². The van der Waals surface area contributed by atoms with E-state index in [9.17, 15) is 9.90 Å². The Labute approximate surface area is 147 Å². The summed E-state index contributed by atoms with van der Waals surface area (Å²) in [5.41, 5.74) is 2.89. The first-order valence-electron chi connectivity index (χ1n) is 7.25. The van der Waals surface area contributed by atoms with Crippen LogP contribution in [0, 0.1) is 3.57 Å². The maximum absolute atomic E-state index is 12.3. The lowest BCUT2D eigenvalue weighted by Gasteiger charge is -2.13. The molecule has 0 aliphatic carbocycles. The lowest BCUT2D eigenvalue weighted by Crippen LogP contribution is -2.13. The van der Waals surface area contributed by atoms with Crippen LogP contribution in [0.2, 0.25) is 0 Å². The zero-order chi connectivity index (χ0) is 16.6. The number of pyridine rings is 1. The van der Waals surface area contributed by atoms with Crippen molar-refractivity contribution in [1.29, 1.82) is 0 Å². The molecule has 0 atom stereocenters. The van der Waals surface area contributed by atoms with Crippen molar-refractivity contribution in [2.24, 2.45) is 0 Å². The summed E-state index contributed by atoms with van der Waals surface area (Å²) >= 11 is 2.19. The number of aromatic nitrogens is 1. The summed E-state index contributed by atoms with van der Waals surface area (Å²) in [5, 5.41) is 11.2. The van der Waals surface area contributed by atoms with Crippen molar-refractivity contribution >= 4 is 39.2 Å². The van der Waals surface area contributed by atoms with Crippen LogP contribution in [0.25, 0.3) is 10.9 Å². The number of H-pyrrole nitrogens is 1. The van der Waals surface area contributed by atoms with Crippen molar-refractivity contribution in [2.75, 3.05) is 19.0 Å². The molecule has 23 heavy (non-hydrogen) atoms. The van der Waals surface area contributed by atoms with Crippen molar-refractivity contribution in [3.05, 3.63) is 67.5 Å². The van der Waals surface area contributed by atoms with Gasteiger partial charge in [0, 0.05) is 35.2 Å². The Hall–Kier alpha value is -2.02. The molecule has 0 radical (unpaired) electrons. The number of hydrogen-bond donors (Lipinski definition) is 2. The van der Waals surface area contributed by atoms with Crippen molar-refractivity contribution in [2.45, 2.75) is 6.42 Å². The highest BCUT2D eigenvalue weighted by molar-refractivity contribution is 14.1. The van der Waals surface area contributed by atoms with Crippen molar-refractivity contribution in [3.8, 4) is 5.75 Å². The van der Waals surface area contributed by atoms with Crippen molar-refractivity contribution in [3.63, 3.8) is 0 Å². The number of nitrogens with one attached hydrogen (secondary N) is 1. The van der Waals surface area contributed by atoms with Gasteiger partial charge in [-0.05, 0) is 58.5 Å². The van der Waals surface area contributed by atoms with E-state index < -0.39 is 0 Å². The number of hydrogen-bond acceptors (Lipinski definition) is 3. The molecule has 0 aliphatic heterocycles. The first kappa shape index (κ1) is 15.9. The zero-order valence-electron chi connectivity index (χ0n) is 12.9. The molecule has 0 saturated heterocycles. The number of aromatic hydroxyl groups is 1. The fraction of sp³-hybridized carbons (Fsp3) is 0.167. The normalized spacial score (nSPS) is 10.9. The average Bonchev–Trinajstić information content (AvgIpc) is 2.53. The summed E-state index contributed by atoms with van der Waals surface area (Å²) in [6, 6.07) is 13.6. The number of anilines is 1. The lowest BCUT2D eigenvalue weighted by molar-refractivity contribution is 0.474. The SMILES string of the molecule is CN(C)c1ccc(Cc2c(O)c3cc(I)ccc3[nH]c2=O)cc1. The van der Waals surface area contributed by atoms with Crippen LogP contribution in [0.1, 0.15) is 11.1 Å². The molecule has 1 heterocycles. The molecular weight excluding hydrogens is 403 g/mol. The molecule has 0 bridgehead atoms. The van der Waals surface area contributed by atoms with Gasteiger partial charge in [-0.15, -0.1) is 0 Å². The highest BCUT2D eigenvalue weighted by Crippen LogP contribution is 2.28. The Morgan fingerprint density at radius 3 is 2.48 bits per heavy atom. The van der Waals surface area contributed by atoms with Crippen molar-refractivity contribution in [1.82, 2.24) is 4.98 Å². The number of benzene rings is 2. The number of halogens is 1. The number of aromatic amines is 1. The standard InChI is InChI=1S/C18H17IN2O2/c1-21(2)13-6-3-11(4-7-13)9-15-17(22)14-10-12(19)5-8-16(14)20-18(15)23/h3-8,10H,9H2,1-2H3,(H2,20,22,23). The Bertz CT molecular complexity index is 915. The molecule has 0 aliphatic rings. The molecule has 0 spiro atoms. The summed E-state index contributed by atoms with van der Waals surface area (Å²) in [5.74, 6) is 0.0685. The van der Waals surface area contributed by atoms with Gasteiger partial charge in [0.15, 0.2) is 0 Å². The fourth-order valence-electron chi connectivity index (χ4n) is 2.57. The molecule has 1 aromatic heterocycles. The second-order valence-corrected chi connectivity index (χ2v) is 6.95. The first-order chi connectivity index (χ1) is 11.0. The number of rotatable bonds is 3. The molecule has 2 N–H and O–H groups in total. The molecule has 2 aromatic carbocycles. The first-order valence-corrected chi connectivity index (χ1v) is 8.33. The van der Waals surface area contributed by atoms with Crippen LogP contribution in [0.3, 0.4) is 0 Å².